The minimum absolute atomic E-state index is 0.384. The van der Waals surface area contributed by atoms with Crippen LogP contribution in [0.4, 0.5) is 5.82 Å². The minimum atomic E-state index is 0.384. The molecule has 3 aliphatic rings. The van der Waals surface area contributed by atoms with Crippen molar-refractivity contribution in [2.45, 2.75) is 71.4 Å². The first-order chi connectivity index (χ1) is 13.5. The topological polar surface area (TPSA) is 45.7 Å². The van der Waals surface area contributed by atoms with Crippen LogP contribution >= 0.6 is 0 Å². The summed E-state index contributed by atoms with van der Waals surface area (Å²) in [6.07, 6.45) is 6.52. The molecule has 0 radical (unpaired) electrons. The van der Waals surface area contributed by atoms with E-state index in [1.807, 2.05) is 19.1 Å². The fourth-order valence-electron chi connectivity index (χ4n) is 5.74. The van der Waals surface area contributed by atoms with Crippen molar-refractivity contribution in [2.75, 3.05) is 25.1 Å². The summed E-state index contributed by atoms with van der Waals surface area (Å²) in [5.41, 5.74) is 1.03. The number of hydrogen-bond acceptors (Lipinski definition) is 4. The molecule has 154 valence electrons. The molecule has 1 amide bonds. The molecule has 28 heavy (non-hydrogen) atoms. The lowest BCUT2D eigenvalue weighted by Crippen LogP contribution is -2.65. The summed E-state index contributed by atoms with van der Waals surface area (Å²) in [7, 11) is 1.73. The number of anilines is 1. The highest BCUT2D eigenvalue weighted by Crippen LogP contribution is 2.44. The zero-order chi connectivity index (χ0) is 19.8. The number of hydrogen-bond donors (Lipinski definition) is 0. The Bertz CT molecular complexity index is 720. The number of carbonyl (C=O) groups excluding carboxylic acids is 1. The second kappa shape index (κ2) is 7.92. The molecule has 1 aromatic heterocycles. The summed E-state index contributed by atoms with van der Waals surface area (Å²) in [6.45, 7) is 8.57. The SMILES string of the molecule is COc1ccc(C)nc1N1C[C@H]2C[C@@H](C1)[C@H](CCC(C)C)N1C(=O)CCC[C@@H]21. The largest absolute Gasteiger partial charge is 0.493 e. The van der Waals surface area contributed by atoms with E-state index in [0.717, 1.165) is 56.0 Å². The van der Waals surface area contributed by atoms with Crippen molar-refractivity contribution in [1.29, 1.82) is 0 Å². The standard InChI is InChI=1S/C23H35N3O2/c1-15(2)8-10-20-18-12-17(19-6-5-7-22(27)26(19)20)13-25(14-18)23-21(28-4)11-9-16(3)24-23/h9,11,15,17-20H,5-8,10,12-14H2,1-4H3/t17-,18+,19+,20+/m1/s1. The molecule has 0 N–H and O–H groups in total. The molecule has 3 aliphatic heterocycles. The van der Waals surface area contributed by atoms with Crippen molar-refractivity contribution >= 4 is 11.7 Å². The average molecular weight is 386 g/mol. The Morgan fingerprint density at radius 3 is 2.79 bits per heavy atom. The number of fused-ring (bicyclic) bond motifs is 4. The average Bonchev–Trinajstić information content (AvgIpc) is 2.68. The second-order valence-corrected chi connectivity index (χ2v) is 9.44. The molecule has 0 aliphatic carbocycles. The van der Waals surface area contributed by atoms with Crippen molar-refractivity contribution in [3.63, 3.8) is 0 Å². The second-order valence-electron chi connectivity index (χ2n) is 9.44. The highest BCUT2D eigenvalue weighted by molar-refractivity contribution is 5.78. The van der Waals surface area contributed by atoms with Gasteiger partial charge in [0.1, 0.15) is 0 Å². The van der Waals surface area contributed by atoms with Gasteiger partial charge in [-0.15, -0.1) is 0 Å². The number of aryl methyl sites for hydroxylation is 1. The van der Waals surface area contributed by atoms with E-state index in [1.54, 1.807) is 7.11 Å². The molecule has 4 heterocycles. The number of aromatic nitrogens is 1. The summed E-state index contributed by atoms with van der Waals surface area (Å²) in [4.78, 5) is 22.5. The van der Waals surface area contributed by atoms with Crippen LogP contribution in [0.15, 0.2) is 12.1 Å². The molecule has 4 atom stereocenters. The summed E-state index contributed by atoms with van der Waals surface area (Å²) in [5.74, 6) is 4.00. The van der Waals surface area contributed by atoms with Crippen LogP contribution in [-0.2, 0) is 4.79 Å². The van der Waals surface area contributed by atoms with Crippen LogP contribution in [-0.4, -0.2) is 48.1 Å². The van der Waals surface area contributed by atoms with Crippen molar-refractivity contribution in [3.8, 4) is 5.75 Å². The third-order valence-electron chi connectivity index (χ3n) is 7.03. The van der Waals surface area contributed by atoms with E-state index in [9.17, 15) is 4.79 Å². The molecule has 1 aromatic rings. The van der Waals surface area contributed by atoms with Crippen LogP contribution < -0.4 is 9.64 Å². The van der Waals surface area contributed by atoms with E-state index in [4.69, 9.17) is 9.72 Å². The lowest BCUT2D eigenvalue weighted by Gasteiger charge is -2.57. The van der Waals surface area contributed by atoms with E-state index >= 15 is 0 Å². The van der Waals surface area contributed by atoms with Crippen LogP contribution in [0.2, 0.25) is 0 Å². The smallest absolute Gasteiger partial charge is 0.223 e. The normalized spacial score (nSPS) is 29.8. The molecule has 3 saturated heterocycles. The van der Waals surface area contributed by atoms with Gasteiger partial charge in [-0.1, -0.05) is 13.8 Å². The molecule has 0 saturated carbocycles. The molecule has 4 rings (SSSR count). The summed E-state index contributed by atoms with van der Waals surface area (Å²) < 4.78 is 5.64. The molecule has 5 heteroatoms. The number of pyridine rings is 1. The van der Waals surface area contributed by atoms with Gasteiger partial charge in [0.2, 0.25) is 5.91 Å². The number of rotatable bonds is 5. The van der Waals surface area contributed by atoms with Gasteiger partial charge in [0.15, 0.2) is 11.6 Å². The van der Waals surface area contributed by atoms with Gasteiger partial charge in [0.25, 0.3) is 0 Å². The van der Waals surface area contributed by atoms with Crippen LogP contribution in [0.3, 0.4) is 0 Å². The van der Waals surface area contributed by atoms with E-state index in [0.29, 0.717) is 35.7 Å². The molecular formula is C23H35N3O2. The molecule has 5 nitrogen and oxygen atoms in total. The Morgan fingerprint density at radius 1 is 1.25 bits per heavy atom. The van der Waals surface area contributed by atoms with Crippen LogP contribution in [0.5, 0.6) is 5.75 Å². The number of ether oxygens (including phenoxy) is 1. The summed E-state index contributed by atoms with van der Waals surface area (Å²) in [6, 6.07) is 4.85. The first-order valence-electron chi connectivity index (χ1n) is 11.1. The van der Waals surface area contributed by atoms with Gasteiger partial charge in [0.05, 0.1) is 7.11 Å². The van der Waals surface area contributed by atoms with Gasteiger partial charge in [0, 0.05) is 37.3 Å². The summed E-state index contributed by atoms with van der Waals surface area (Å²) in [5, 5.41) is 0. The molecule has 3 fully saturated rings. The van der Waals surface area contributed by atoms with Gasteiger partial charge in [-0.3, -0.25) is 4.79 Å². The maximum Gasteiger partial charge on any atom is 0.223 e. The molecule has 0 aromatic carbocycles. The third-order valence-corrected chi connectivity index (χ3v) is 7.03. The van der Waals surface area contributed by atoms with Gasteiger partial charge >= 0.3 is 0 Å². The first kappa shape index (κ1) is 19.5. The summed E-state index contributed by atoms with van der Waals surface area (Å²) >= 11 is 0. The lowest BCUT2D eigenvalue weighted by molar-refractivity contribution is -0.149. The van der Waals surface area contributed by atoms with Gasteiger partial charge < -0.3 is 14.5 Å². The first-order valence-corrected chi connectivity index (χ1v) is 11.1. The highest BCUT2D eigenvalue weighted by atomic mass is 16.5. The maximum atomic E-state index is 12.9. The number of nitrogens with zero attached hydrogens (tertiary/aromatic N) is 3. The third kappa shape index (κ3) is 3.60. The monoisotopic (exact) mass is 385 g/mol. The predicted molar refractivity (Wildman–Crippen MR) is 112 cm³/mol. The van der Waals surface area contributed by atoms with Crippen molar-refractivity contribution in [1.82, 2.24) is 9.88 Å². The van der Waals surface area contributed by atoms with Crippen LogP contribution in [0.1, 0.15) is 58.1 Å². The molecule has 0 spiro atoms. The predicted octanol–water partition coefficient (Wildman–Crippen LogP) is 4.04. The molecule has 2 bridgehead atoms. The molecule has 0 unspecified atom stereocenters. The number of methoxy groups -OCH3 is 1. The molecular weight excluding hydrogens is 350 g/mol. The highest BCUT2D eigenvalue weighted by Gasteiger charge is 2.49. The Balaban J connectivity index is 1.64. The zero-order valence-corrected chi connectivity index (χ0v) is 17.9. The van der Waals surface area contributed by atoms with Crippen molar-refractivity contribution in [2.24, 2.45) is 17.8 Å². The van der Waals surface area contributed by atoms with Gasteiger partial charge in [-0.25, -0.2) is 4.98 Å². The van der Waals surface area contributed by atoms with Gasteiger partial charge in [-0.2, -0.15) is 0 Å². The Hall–Kier alpha value is -1.78. The van der Waals surface area contributed by atoms with E-state index in [-0.39, 0.29) is 0 Å². The van der Waals surface area contributed by atoms with E-state index in [1.165, 1.54) is 12.8 Å². The van der Waals surface area contributed by atoms with Gasteiger partial charge in [-0.05, 0) is 68.9 Å². The quantitative estimate of drug-likeness (QED) is 0.767. The number of piperidine rings is 3. The lowest BCUT2D eigenvalue weighted by atomic mass is 9.70. The Morgan fingerprint density at radius 2 is 2.04 bits per heavy atom. The van der Waals surface area contributed by atoms with Crippen molar-refractivity contribution in [3.05, 3.63) is 17.8 Å². The fraction of sp³-hybridized carbons (Fsp3) is 0.739. The number of carbonyl (C=O) groups is 1. The van der Waals surface area contributed by atoms with Crippen LogP contribution in [0, 0.1) is 24.7 Å². The number of amides is 1. The Kier molecular flexibility index (Phi) is 5.52. The van der Waals surface area contributed by atoms with E-state index in [2.05, 4.69) is 23.6 Å². The van der Waals surface area contributed by atoms with Crippen LogP contribution in [0.25, 0.3) is 0 Å². The zero-order valence-electron chi connectivity index (χ0n) is 17.9. The minimum Gasteiger partial charge on any atom is -0.493 e. The van der Waals surface area contributed by atoms with E-state index < -0.39 is 0 Å². The maximum absolute atomic E-state index is 12.9. The Labute approximate surface area is 169 Å². The van der Waals surface area contributed by atoms with Crippen molar-refractivity contribution < 1.29 is 9.53 Å². The fourth-order valence-corrected chi connectivity index (χ4v) is 5.74.